The summed E-state index contributed by atoms with van der Waals surface area (Å²) in [6.45, 7) is 1.10. The molecule has 1 amide bonds. The topological polar surface area (TPSA) is 78.4 Å². The third-order valence-corrected chi connectivity index (χ3v) is 3.29. The highest BCUT2D eigenvalue weighted by atomic mass is 19.1. The van der Waals surface area contributed by atoms with Crippen molar-refractivity contribution in [2.75, 3.05) is 6.54 Å². The van der Waals surface area contributed by atoms with Gasteiger partial charge in [0.1, 0.15) is 5.82 Å². The highest BCUT2D eigenvalue weighted by Gasteiger charge is 2.22. The lowest BCUT2D eigenvalue weighted by molar-refractivity contribution is -0.121. The average molecular weight is 294 g/mol. The van der Waals surface area contributed by atoms with Gasteiger partial charge in [0.15, 0.2) is 0 Å². The van der Waals surface area contributed by atoms with Crippen LogP contribution in [0, 0.1) is 5.82 Å². The Bertz CT molecular complexity index is 530. The second-order valence-electron chi connectivity index (χ2n) is 5.24. The first kappa shape index (κ1) is 15.4. The molecule has 0 aromatic heterocycles. The number of nitrogens with one attached hydrogen (secondary N) is 2. The molecule has 2 rings (SSSR count). The van der Waals surface area contributed by atoms with Gasteiger partial charge in [0, 0.05) is 19.0 Å². The number of halogens is 1. The standard InChI is InChI=1S/C15H19FN2O3/c16-13-8-10(3-6-12(13)15(20)21)9-17-7-1-2-14(19)18-11-4-5-11/h3,6,8,11,17H,1-2,4-5,7,9H2,(H,18,19)(H,20,21). The molecule has 0 radical (unpaired) electrons. The van der Waals surface area contributed by atoms with Crippen molar-refractivity contribution < 1.29 is 19.1 Å². The van der Waals surface area contributed by atoms with E-state index in [0.717, 1.165) is 12.8 Å². The molecule has 0 saturated heterocycles. The molecule has 1 saturated carbocycles. The van der Waals surface area contributed by atoms with Crippen LogP contribution in [0.15, 0.2) is 18.2 Å². The summed E-state index contributed by atoms with van der Waals surface area (Å²) in [6.07, 6.45) is 3.37. The number of hydrogen-bond donors (Lipinski definition) is 3. The highest BCUT2D eigenvalue weighted by Crippen LogP contribution is 2.18. The Balaban J connectivity index is 1.65. The first-order valence-corrected chi connectivity index (χ1v) is 7.08. The van der Waals surface area contributed by atoms with Crippen molar-refractivity contribution in [1.82, 2.24) is 10.6 Å². The summed E-state index contributed by atoms with van der Waals surface area (Å²) in [7, 11) is 0. The Morgan fingerprint density at radius 3 is 2.71 bits per heavy atom. The van der Waals surface area contributed by atoms with E-state index in [2.05, 4.69) is 10.6 Å². The van der Waals surface area contributed by atoms with Gasteiger partial charge in [-0.25, -0.2) is 9.18 Å². The number of rotatable bonds is 8. The first-order valence-electron chi connectivity index (χ1n) is 7.08. The Labute approximate surface area is 122 Å². The van der Waals surface area contributed by atoms with E-state index >= 15 is 0 Å². The van der Waals surface area contributed by atoms with Crippen LogP contribution in [0.1, 0.15) is 41.6 Å². The minimum atomic E-state index is -1.27. The number of aromatic carboxylic acids is 1. The number of carboxylic acid groups (broad SMARTS) is 1. The summed E-state index contributed by atoms with van der Waals surface area (Å²) >= 11 is 0. The average Bonchev–Trinajstić information content (AvgIpc) is 3.22. The SMILES string of the molecule is O=C(CCCNCc1ccc(C(=O)O)c(F)c1)NC1CC1. The number of carbonyl (C=O) groups is 2. The van der Waals surface area contributed by atoms with Gasteiger partial charge in [-0.05, 0) is 43.5 Å². The molecule has 3 N–H and O–H groups in total. The Morgan fingerprint density at radius 1 is 1.33 bits per heavy atom. The fourth-order valence-corrected chi connectivity index (χ4v) is 1.98. The van der Waals surface area contributed by atoms with Crippen LogP contribution in [-0.2, 0) is 11.3 Å². The molecule has 21 heavy (non-hydrogen) atoms. The summed E-state index contributed by atoms with van der Waals surface area (Å²) in [4.78, 5) is 22.1. The second kappa shape index (κ2) is 7.17. The predicted octanol–water partition coefficient (Wildman–Crippen LogP) is 1.67. The van der Waals surface area contributed by atoms with Gasteiger partial charge < -0.3 is 15.7 Å². The van der Waals surface area contributed by atoms with Gasteiger partial charge >= 0.3 is 5.97 Å². The summed E-state index contributed by atoms with van der Waals surface area (Å²) in [5.74, 6) is -1.92. The quantitative estimate of drug-likeness (QED) is 0.637. The van der Waals surface area contributed by atoms with Crippen LogP contribution in [0.25, 0.3) is 0 Å². The third kappa shape index (κ3) is 5.15. The first-order chi connectivity index (χ1) is 10.1. The lowest BCUT2D eigenvalue weighted by Crippen LogP contribution is -2.26. The maximum atomic E-state index is 13.4. The zero-order valence-corrected chi connectivity index (χ0v) is 11.7. The Kier molecular flexibility index (Phi) is 5.27. The fraction of sp³-hybridized carbons (Fsp3) is 0.467. The summed E-state index contributed by atoms with van der Waals surface area (Å²) < 4.78 is 13.4. The largest absolute Gasteiger partial charge is 0.478 e. The normalized spacial score (nSPS) is 14.0. The monoisotopic (exact) mass is 294 g/mol. The molecule has 0 heterocycles. The summed E-state index contributed by atoms with van der Waals surface area (Å²) in [5, 5.41) is 14.8. The van der Waals surface area contributed by atoms with Crippen molar-refractivity contribution in [1.29, 1.82) is 0 Å². The highest BCUT2D eigenvalue weighted by molar-refractivity contribution is 5.87. The maximum absolute atomic E-state index is 13.4. The van der Waals surface area contributed by atoms with E-state index in [1.165, 1.54) is 12.1 Å². The molecular weight excluding hydrogens is 275 g/mol. The van der Waals surface area contributed by atoms with E-state index in [-0.39, 0.29) is 11.5 Å². The number of benzene rings is 1. The molecule has 0 bridgehead atoms. The van der Waals surface area contributed by atoms with Gasteiger partial charge in [0.05, 0.1) is 5.56 Å². The van der Waals surface area contributed by atoms with Gasteiger partial charge in [0.25, 0.3) is 0 Å². The molecule has 0 unspecified atom stereocenters. The van der Waals surface area contributed by atoms with Gasteiger partial charge in [-0.15, -0.1) is 0 Å². The summed E-state index contributed by atoms with van der Waals surface area (Å²) in [5.41, 5.74) is 0.357. The molecule has 5 nitrogen and oxygen atoms in total. The molecule has 1 aromatic rings. The molecule has 0 aliphatic heterocycles. The lowest BCUT2D eigenvalue weighted by atomic mass is 10.1. The minimum Gasteiger partial charge on any atom is -0.478 e. The van der Waals surface area contributed by atoms with Crippen molar-refractivity contribution in [2.24, 2.45) is 0 Å². The molecule has 1 aliphatic rings. The predicted molar refractivity (Wildman–Crippen MR) is 75.5 cm³/mol. The van der Waals surface area contributed by atoms with Crippen LogP contribution in [0.2, 0.25) is 0 Å². The second-order valence-corrected chi connectivity index (χ2v) is 5.24. The van der Waals surface area contributed by atoms with Crippen molar-refractivity contribution >= 4 is 11.9 Å². The van der Waals surface area contributed by atoms with Crippen LogP contribution in [0.5, 0.6) is 0 Å². The Hall–Kier alpha value is -1.95. The van der Waals surface area contributed by atoms with Crippen LogP contribution in [-0.4, -0.2) is 29.6 Å². The Morgan fingerprint density at radius 2 is 2.10 bits per heavy atom. The van der Waals surface area contributed by atoms with Gasteiger partial charge in [-0.2, -0.15) is 0 Å². The molecule has 1 fully saturated rings. The van der Waals surface area contributed by atoms with Crippen molar-refractivity contribution in [3.05, 3.63) is 35.1 Å². The van der Waals surface area contributed by atoms with Crippen molar-refractivity contribution in [2.45, 2.75) is 38.3 Å². The van der Waals surface area contributed by atoms with Gasteiger partial charge in [0.2, 0.25) is 5.91 Å². The van der Waals surface area contributed by atoms with E-state index < -0.39 is 11.8 Å². The molecule has 0 spiro atoms. The van der Waals surface area contributed by atoms with Crippen LogP contribution < -0.4 is 10.6 Å². The van der Waals surface area contributed by atoms with Crippen LogP contribution >= 0.6 is 0 Å². The zero-order valence-electron chi connectivity index (χ0n) is 11.7. The number of carboxylic acids is 1. The van der Waals surface area contributed by atoms with E-state index in [0.29, 0.717) is 37.5 Å². The van der Waals surface area contributed by atoms with Gasteiger partial charge in [-0.3, -0.25) is 4.79 Å². The van der Waals surface area contributed by atoms with E-state index in [9.17, 15) is 14.0 Å². The maximum Gasteiger partial charge on any atom is 0.338 e. The minimum absolute atomic E-state index is 0.0798. The fourth-order valence-electron chi connectivity index (χ4n) is 1.98. The zero-order chi connectivity index (χ0) is 15.2. The smallest absolute Gasteiger partial charge is 0.338 e. The molecule has 1 aliphatic carbocycles. The van der Waals surface area contributed by atoms with E-state index in [4.69, 9.17) is 5.11 Å². The molecule has 1 aromatic carbocycles. The van der Waals surface area contributed by atoms with E-state index in [1.807, 2.05) is 0 Å². The van der Waals surface area contributed by atoms with Crippen molar-refractivity contribution in [3.8, 4) is 0 Å². The molecule has 114 valence electrons. The third-order valence-electron chi connectivity index (χ3n) is 3.29. The van der Waals surface area contributed by atoms with Crippen LogP contribution in [0.3, 0.4) is 0 Å². The van der Waals surface area contributed by atoms with E-state index in [1.54, 1.807) is 6.07 Å². The number of amides is 1. The molecule has 0 atom stereocenters. The van der Waals surface area contributed by atoms with Gasteiger partial charge in [-0.1, -0.05) is 6.07 Å². The number of carbonyl (C=O) groups excluding carboxylic acids is 1. The summed E-state index contributed by atoms with van der Waals surface area (Å²) in [6, 6.07) is 4.45. The van der Waals surface area contributed by atoms with Crippen LogP contribution in [0.4, 0.5) is 4.39 Å². The molecule has 6 heteroatoms. The molecular formula is C15H19FN2O3. The lowest BCUT2D eigenvalue weighted by Gasteiger charge is -2.06. The number of hydrogen-bond acceptors (Lipinski definition) is 3. The van der Waals surface area contributed by atoms with Crippen molar-refractivity contribution in [3.63, 3.8) is 0 Å².